The molecule has 0 saturated heterocycles. The first-order valence-electron chi connectivity index (χ1n) is 4.05. The molecular weight excluding hydrogens is 172 g/mol. The fourth-order valence-corrected chi connectivity index (χ4v) is 0.841. The fraction of sp³-hybridized carbons (Fsp3) is 0.500. The van der Waals surface area contributed by atoms with Crippen molar-refractivity contribution < 1.29 is 14.1 Å². The summed E-state index contributed by atoms with van der Waals surface area (Å²) < 4.78 is 9.53. The molecule has 0 radical (unpaired) electrons. The Morgan fingerprint density at radius 3 is 3.08 bits per heavy atom. The molecule has 0 unspecified atom stereocenters. The average Bonchev–Trinajstić information content (AvgIpc) is 2.49. The van der Waals surface area contributed by atoms with Gasteiger partial charge in [0.2, 0.25) is 0 Å². The van der Waals surface area contributed by atoms with Crippen LogP contribution in [0.2, 0.25) is 0 Å². The highest BCUT2D eigenvalue weighted by molar-refractivity contribution is 5.66. The standard InChI is InChI=1S/C8H12N2O3/c1-3-12-8(11)9-5-7-4-6(2)10-13-7/h4H,3,5H2,1-2H3,(H,9,11). The number of rotatable bonds is 3. The quantitative estimate of drug-likeness (QED) is 0.767. The predicted octanol–water partition coefficient (Wildman–Crippen LogP) is 1.23. The van der Waals surface area contributed by atoms with Crippen molar-refractivity contribution in [2.24, 2.45) is 0 Å². The van der Waals surface area contributed by atoms with Gasteiger partial charge >= 0.3 is 6.09 Å². The molecule has 0 aliphatic carbocycles. The minimum absolute atomic E-state index is 0.305. The fourth-order valence-electron chi connectivity index (χ4n) is 0.841. The molecule has 1 heterocycles. The number of nitrogens with zero attached hydrogens (tertiary/aromatic N) is 1. The second-order valence-corrected chi connectivity index (χ2v) is 2.51. The lowest BCUT2D eigenvalue weighted by Gasteiger charge is -2.01. The van der Waals surface area contributed by atoms with E-state index < -0.39 is 6.09 Å². The van der Waals surface area contributed by atoms with Crippen molar-refractivity contribution in [2.45, 2.75) is 20.4 Å². The van der Waals surface area contributed by atoms with Crippen molar-refractivity contribution in [1.29, 1.82) is 0 Å². The zero-order valence-corrected chi connectivity index (χ0v) is 7.66. The van der Waals surface area contributed by atoms with Gasteiger partial charge in [0.05, 0.1) is 18.8 Å². The van der Waals surface area contributed by atoms with Crippen LogP contribution in [0.15, 0.2) is 10.6 Å². The van der Waals surface area contributed by atoms with Gasteiger partial charge in [0.25, 0.3) is 0 Å². The third-order valence-corrected chi connectivity index (χ3v) is 1.36. The van der Waals surface area contributed by atoms with E-state index in [0.29, 0.717) is 18.9 Å². The van der Waals surface area contributed by atoms with Crippen LogP contribution in [-0.4, -0.2) is 17.9 Å². The molecular formula is C8H12N2O3. The lowest BCUT2D eigenvalue weighted by molar-refractivity contribution is 0.150. The van der Waals surface area contributed by atoms with E-state index in [-0.39, 0.29) is 0 Å². The second kappa shape index (κ2) is 4.49. The smallest absolute Gasteiger partial charge is 0.407 e. The summed E-state index contributed by atoms with van der Waals surface area (Å²) >= 11 is 0. The average molecular weight is 184 g/mol. The maximum Gasteiger partial charge on any atom is 0.407 e. The molecule has 1 amide bonds. The Kier molecular flexibility index (Phi) is 3.31. The second-order valence-electron chi connectivity index (χ2n) is 2.51. The van der Waals surface area contributed by atoms with Crippen molar-refractivity contribution in [3.05, 3.63) is 17.5 Å². The van der Waals surface area contributed by atoms with E-state index in [1.807, 2.05) is 6.92 Å². The van der Waals surface area contributed by atoms with Gasteiger partial charge in [-0.25, -0.2) is 4.79 Å². The molecule has 0 aliphatic heterocycles. The van der Waals surface area contributed by atoms with Gasteiger partial charge in [-0.2, -0.15) is 0 Å². The summed E-state index contributed by atoms with van der Waals surface area (Å²) in [6, 6.07) is 1.76. The number of alkyl carbamates (subject to hydrolysis) is 1. The van der Waals surface area contributed by atoms with Crippen LogP contribution in [0.5, 0.6) is 0 Å². The molecule has 0 saturated carbocycles. The SMILES string of the molecule is CCOC(=O)NCc1cc(C)no1. The zero-order valence-electron chi connectivity index (χ0n) is 7.66. The Bertz CT molecular complexity index is 283. The van der Waals surface area contributed by atoms with Crippen LogP contribution >= 0.6 is 0 Å². The first-order valence-corrected chi connectivity index (χ1v) is 4.05. The molecule has 0 spiro atoms. The van der Waals surface area contributed by atoms with Crippen molar-refractivity contribution in [3.63, 3.8) is 0 Å². The highest BCUT2D eigenvalue weighted by Gasteiger charge is 2.03. The van der Waals surface area contributed by atoms with E-state index in [9.17, 15) is 4.79 Å². The summed E-state index contributed by atoms with van der Waals surface area (Å²) in [6.07, 6.45) is -0.448. The summed E-state index contributed by atoms with van der Waals surface area (Å²) in [6.45, 7) is 4.23. The Balaban J connectivity index is 2.30. The first-order chi connectivity index (χ1) is 6.22. The normalized spacial score (nSPS) is 9.69. The van der Waals surface area contributed by atoms with Gasteiger partial charge in [-0.15, -0.1) is 0 Å². The van der Waals surface area contributed by atoms with Gasteiger partial charge in [-0.1, -0.05) is 5.16 Å². The number of hydrogen-bond acceptors (Lipinski definition) is 4. The van der Waals surface area contributed by atoms with Gasteiger partial charge in [-0.05, 0) is 13.8 Å². The van der Waals surface area contributed by atoms with E-state index in [1.54, 1.807) is 13.0 Å². The number of hydrogen-bond donors (Lipinski definition) is 1. The minimum Gasteiger partial charge on any atom is -0.450 e. The van der Waals surface area contributed by atoms with Crippen LogP contribution in [-0.2, 0) is 11.3 Å². The summed E-state index contributed by atoms with van der Waals surface area (Å²) in [4.78, 5) is 10.8. The zero-order chi connectivity index (χ0) is 9.68. The minimum atomic E-state index is -0.448. The third kappa shape index (κ3) is 3.14. The van der Waals surface area contributed by atoms with Crippen LogP contribution in [0.4, 0.5) is 4.79 Å². The highest BCUT2D eigenvalue weighted by Crippen LogP contribution is 2.00. The Hall–Kier alpha value is -1.52. The van der Waals surface area contributed by atoms with E-state index >= 15 is 0 Å². The molecule has 13 heavy (non-hydrogen) atoms. The van der Waals surface area contributed by atoms with Gasteiger partial charge in [-0.3, -0.25) is 0 Å². The van der Waals surface area contributed by atoms with E-state index in [0.717, 1.165) is 5.69 Å². The number of aryl methyl sites for hydroxylation is 1. The lowest BCUT2D eigenvalue weighted by Crippen LogP contribution is -2.23. The Labute approximate surface area is 76.0 Å². The number of carbonyl (C=O) groups excluding carboxylic acids is 1. The lowest BCUT2D eigenvalue weighted by atomic mass is 10.4. The predicted molar refractivity (Wildman–Crippen MR) is 45.1 cm³/mol. The van der Waals surface area contributed by atoms with Crippen molar-refractivity contribution in [3.8, 4) is 0 Å². The molecule has 72 valence electrons. The summed E-state index contributed by atoms with van der Waals surface area (Å²) in [5.41, 5.74) is 0.792. The van der Waals surface area contributed by atoms with Crippen molar-refractivity contribution in [1.82, 2.24) is 10.5 Å². The summed E-state index contributed by atoms with van der Waals surface area (Å²) in [5.74, 6) is 0.616. The van der Waals surface area contributed by atoms with Crippen LogP contribution in [0.1, 0.15) is 18.4 Å². The molecule has 5 nitrogen and oxygen atoms in total. The van der Waals surface area contributed by atoms with Gasteiger partial charge in [0.1, 0.15) is 0 Å². The van der Waals surface area contributed by atoms with E-state index in [2.05, 4.69) is 15.2 Å². The van der Waals surface area contributed by atoms with Crippen molar-refractivity contribution in [2.75, 3.05) is 6.61 Å². The molecule has 1 aromatic heterocycles. The molecule has 5 heteroatoms. The van der Waals surface area contributed by atoms with E-state index in [1.165, 1.54) is 0 Å². The van der Waals surface area contributed by atoms with Gasteiger partial charge in [0.15, 0.2) is 5.76 Å². The number of ether oxygens (including phenoxy) is 1. The highest BCUT2D eigenvalue weighted by atomic mass is 16.5. The molecule has 1 rings (SSSR count). The Morgan fingerprint density at radius 1 is 1.77 bits per heavy atom. The molecule has 0 bridgehead atoms. The number of amides is 1. The largest absolute Gasteiger partial charge is 0.450 e. The van der Waals surface area contributed by atoms with Crippen molar-refractivity contribution >= 4 is 6.09 Å². The number of carbonyl (C=O) groups is 1. The molecule has 0 fully saturated rings. The van der Waals surface area contributed by atoms with Crippen LogP contribution < -0.4 is 5.32 Å². The van der Waals surface area contributed by atoms with Crippen LogP contribution in [0, 0.1) is 6.92 Å². The number of aromatic nitrogens is 1. The topological polar surface area (TPSA) is 64.4 Å². The molecule has 1 N–H and O–H groups in total. The Morgan fingerprint density at radius 2 is 2.54 bits per heavy atom. The molecule has 0 aliphatic rings. The maximum absolute atomic E-state index is 10.8. The monoisotopic (exact) mass is 184 g/mol. The first kappa shape index (κ1) is 9.57. The molecule has 0 aromatic carbocycles. The van der Waals surface area contributed by atoms with Gasteiger partial charge < -0.3 is 14.6 Å². The molecule has 1 aromatic rings. The number of nitrogens with one attached hydrogen (secondary N) is 1. The maximum atomic E-state index is 10.8. The summed E-state index contributed by atoms with van der Waals surface area (Å²) in [5, 5.41) is 6.19. The van der Waals surface area contributed by atoms with Gasteiger partial charge in [0, 0.05) is 6.07 Å². The third-order valence-electron chi connectivity index (χ3n) is 1.36. The van der Waals surface area contributed by atoms with Crippen LogP contribution in [0.3, 0.4) is 0 Å². The summed E-state index contributed by atoms with van der Waals surface area (Å²) in [7, 11) is 0. The van der Waals surface area contributed by atoms with E-state index in [4.69, 9.17) is 4.52 Å². The van der Waals surface area contributed by atoms with Crippen LogP contribution in [0.25, 0.3) is 0 Å². The molecule has 0 atom stereocenters.